The summed E-state index contributed by atoms with van der Waals surface area (Å²) in [4.78, 5) is 15.4. The lowest BCUT2D eigenvalue weighted by Gasteiger charge is -2.02. The van der Waals surface area contributed by atoms with E-state index in [-0.39, 0.29) is 11.7 Å². The van der Waals surface area contributed by atoms with Crippen molar-refractivity contribution in [1.29, 1.82) is 0 Å². The fraction of sp³-hybridized carbons (Fsp3) is 0. The first-order valence-electron chi connectivity index (χ1n) is 4.24. The van der Waals surface area contributed by atoms with Crippen LogP contribution in [0.5, 0.6) is 5.75 Å². The van der Waals surface area contributed by atoms with Gasteiger partial charge in [-0.1, -0.05) is 0 Å². The van der Waals surface area contributed by atoms with Crippen molar-refractivity contribution in [3.05, 3.63) is 40.8 Å². The Morgan fingerprint density at radius 2 is 2.07 bits per heavy atom. The van der Waals surface area contributed by atoms with Gasteiger partial charge in [0, 0.05) is 11.1 Å². The molecule has 0 aliphatic carbocycles. The first-order chi connectivity index (χ1) is 7.25. The van der Waals surface area contributed by atoms with Gasteiger partial charge in [0.15, 0.2) is 0 Å². The van der Waals surface area contributed by atoms with Crippen LogP contribution in [0.2, 0.25) is 0 Å². The summed E-state index contributed by atoms with van der Waals surface area (Å²) < 4.78 is 0. The lowest BCUT2D eigenvalue weighted by Crippen LogP contribution is -2.11. The van der Waals surface area contributed by atoms with E-state index in [0.717, 1.165) is 0 Å². The van der Waals surface area contributed by atoms with Gasteiger partial charge in [-0.3, -0.25) is 4.79 Å². The second-order valence-electron chi connectivity index (χ2n) is 2.87. The Hall–Kier alpha value is -1.88. The highest BCUT2D eigenvalue weighted by Crippen LogP contribution is 2.14. The third-order valence-corrected chi connectivity index (χ3v) is 2.38. The quantitative estimate of drug-likeness (QED) is 0.762. The molecule has 2 aromatic rings. The molecular formula is C10H8N2O2S. The lowest BCUT2D eigenvalue weighted by atomic mass is 10.3. The van der Waals surface area contributed by atoms with E-state index in [1.807, 2.05) is 0 Å². The van der Waals surface area contributed by atoms with Crippen LogP contribution < -0.4 is 5.32 Å². The van der Waals surface area contributed by atoms with Crippen LogP contribution in [0.1, 0.15) is 10.5 Å². The molecule has 0 atom stereocenters. The number of amides is 1. The third-order valence-electron chi connectivity index (χ3n) is 1.79. The second kappa shape index (κ2) is 4.10. The van der Waals surface area contributed by atoms with Crippen LogP contribution in [-0.2, 0) is 0 Å². The SMILES string of the molecule is O=C(Nc1ccc(O)cc1)c1cscn1. The summed E-state index contributed by atoms with van der Waals surface area (Å²) in [6.45, 7) is 0. The average Bonchev–Trinajstić information content (AvgIpc) is 2.74. The van der Waals surface area contributed by atoms with Crippen molar-refractivity contribution in [3.8, 4) is 5.75 Å². The average molecular weight is 220 g/mol. The zero-order valence-corrected chi connectivity index (χ0v) is 8.49. The molecule has 0 spiro atoms. The zero-order valence-electron chi connectivity index (χ0n) is 7.68. The highest BCUT2D eigenvalue weighted by Gasteiger charge is 2.07. The number of hydrogen-bond acceptors (Lipinski definition) is 4. The maximum Gasteiger partial charge on any atom is 0.275 e. The summed E-state index contributed by atoms with van der Waals surface area (Å²) >= 11 is 1.37. The molecule has 0 fully saturated rings. The maximum atomic E-state index is 11.5. The molecule has 4 nitrogen and oxygen atoms in total. The minimum Gasteiger partial charge on any atom is -0.508 e. The van der Waals surface area contributed by atoms with E-state index in [2.05, 4.69) is 10.3 Å². The van der Waals surface area contributed by atoms with E-state index in [1.54, 1.807) is 23.0 Å². The number of nitrogens with one attached hydrogen (secondary N) is 1. The normalized spacial score (nSPS) is 9.87. The zero-order chi connectivity index (χ0) is 10.7. The van der Waals surface area contributed by atoms with Crippen LogP contribution in [0, 0.1) is 0 Å². The number of carbonyl (C=O) groups excluding carboxylic acids is 1. The van der Waals surface area contributed by atoms with Crippen molar-refractivity contribution in [1.82, 2.24) is 4.98 Å². The highest BCUT2D eigenvalue weighted by atomic mass is 32.1. The van der Waals surface area contributed by atoms with Crippen LogP contribution in [0.15, 0.2) is 35.2 Å². The molecule has 15 heavy (non-hydrogen) atoms. The van der Waals surface area contributed by atoms with E-state index in [4.69, 9.17) is 5.11 Å². The molecule has 0 aliphatic rings. The fourth-order valence-corrected chi connectivity index (χ4v) is 1.60. The van der Waals surface area contributed by atoms with E-state index in [1.165, 1.54) is 23.5 Å². The Kier molecular flexibility index (Phi) is 2.64. The van der Waals surface area contributed by atoms with Crippen molar-refractivity contribution in [2.75, 3.05) is 5.32 Å². The van der Waals surface area contributed by atoms with Gasteiger partial charge in [-0.2, -0.15) is 0 Å². The van der Waals surface area contributed by atoms with Crippen molar-refractivity contribution in [2.45, 2.75) is 0 Å². The Labute approximate surface area is 90.2 Å². The minimum atomic E-state index is -0.248. The van der Waals surface area contributed by atoms with Gasteiger partial charge in [0.1, 0.15) is 11.4 Å². The van der Waals surface area contributed by atoms with Crippen LogP contribution in [0.4, 0.5) is 5.69 Å². The fourth-order valence-electron chi connectivity index (χ4n) is 1.06. The van der Waals surface area contributed by atoms with Gasteiger partial charge >= 0.3 is 0 Å². The molecule has 1 amide bonds. The number of anilines is 1. The first-order valence-corrected chi connectivity index (χ1v) is 5.18. The predicted molar refractivity (Wildman–Crippen MR) is 58.2 cm³/mol. The van der Waals surface area contributed by atoms with Gasteiger partial charge < -0.3 is 10.4 Å². The molecular weight excluding hydrogens is 212 g/mol. The summed E-state index contributed by atoms with van der Waals surface area (Å²) in [5, 5.41) is 13.4. The summed E-state index contributed by atoms with van der Waals surface area (Å²) in [5.41, 5.74) is 2.63. The number of phenols is 1. The number of nitrogens with zero attached hydrogens (tertiary/aromatic N) is 1. The smallest absolute Gasteiger partial charge is 0.275 e. The topological polar surface area (TPSA) is 62.2 Å². The molecule has 1 aromatic heterocycles. The summed E-state index contributed by atoms with van der Waals surface area (Å²) in [6, 6.07) is 6.27. The molecule has 2 rings (SSSR count). The van der Waals surface area contributed by atoms with Crippen LogP contribution in [0.25, 0.3) is 0 Å². The molecule has 1 aromatic carbocycles. The number of hydrogen-bond donors (Lipinski definition) is 2. The predicted octanol–water partition coefficient (Wildman–Crippen LogP) is 2.10. The van der Waals surface area contributed by atoms with Gasteiger partial charge in [-0.05, 0) is 24.3 Å². The van der Waals surface area contributed by atoms with Gasteiger partial charge in [-0.25, -0.2) is 4.98 Å². The number of aromatic nitrogens is 1. The Morgan fingerprint density at radius 1 is 1.33 bits per heavy atom. The molecule has 0 bridgehead atoms. The maximum absolute atomic E-state index is 11.5. The molecule has 5 heteroatoms. The summed E-state index contributed by atoms with van der Waals surface area (Å²) in [7, 11) is 0. The Balaban J connectivity index is 2.09. The van der Waals surface area contributed by atoms with E-state index in [9.17, 15) is 4.79 Å². The molecule has 0 radical (unpaired) electrons. The molecule has 0 aliphatic heterocycles. The van der Waals surface area contributed by atoms with Crippen LogP contribution in [0.3, 0.4) is 0 Å². The standard InChI is InChI=1S/C10H8N2O2S/c13-8-3-1-7(2-4-8)12-10(14)9-5-15-6-11-9/h1-6,13H,(H,12,14). The first kappa shape index (κ1) is 9.67. The number of carbonyl (C=O) groups is 1. The molecule has 1 heterocycles. The number of thiazole rings is 1. The summed E-state index contributed by atoms with van der Waals surface area (Å²) in [5.74, 6) is -0.0800. The van der Waals surface area contributed by atoms with E-state index in [0.29, 0.717) is 11.4 Å². The molecule has 76 valence electrons. The van der Waals surface area contributed by atoms with Crippen molar-refractivity contribution in [2.24, 2.45) is 0 Å². The summed E-state index contributed by atoms with van der Waals surface area (Å²) in [6.07, 6.45) is 0. The van der Waals surface area contributed by atoms with Gasteiger partial charge in [-0.15, -0.1) is 11.3 Å². The molecule has 2 N–H and O–H groups in total. The van der Waals surface area contributed by atoms with Crippen molar-refractivity contribution < 1.29 is 9.90 Å². The monoisotopic (exact) mass is 220 g/mol. The van der Waals surface area contributed by atoms with E-state index >= 15 is 0 Å². The number of aromatic hydroxyl groups is 1. The third kappa shape index (κ3) is 2.32. The van der Waals surface area contributed by atoms with Gasteiger partial charge in [0.05, 0.1) is 5.51 Å². The highest BCUT2D eigenvalue weighted by molar-refractivity contribution is 7.07. The number of benzene rings is 1. The number of rotatable bonds is 2. The Bertz CT molecular complexity index is 451. The molecule has 0 saturated carbocycles. The van der Waals surface area contributed by atoms with Crippen LogP contribution in [-0.4, -0.2) is 16.0 Å². The number of phenolic OH excluding ortho intramolecular Hbond substituents is 1. The second-order valence-corrected chi connectivity index (χ2v) is 3.59. The van der Waals surface area contributed by atoms with Gasteiger partial charge in [0.2, 0.25) is 0 Å². The van der Waals surface area contributed by atoms with E-state index < -0.39 is 0 Å². The molecule has 0 unspecified atom stereocenters. The van der Waals surface area contributed by atoms with Crippen LogP contribution >= 0.6 is 11.3 Å². The minimum absolute atomic E-state index is 0.168. The van der Waals surface area contributed by atoms with Crippen molar-refractivity contribution >= 4 is 22.9 Å². The largest absolute Gasteiger partial charge is 0.508 e. The lowest BCUT2D eigenvalue weighted by molar-refractivity contribution is 0.102. The molecule has 0 saturated heterocycles. The van der Waals surface area contributed by atoms with Gasteiger partial charge in [0.25, 0.3) is 5.91 Å². The Morgan fingerprint density at radius 3 is 2.67 bits per heavy atom. The van der Waals surface area contributed by atoms with Crippen molar-refractivity contribution in [3.63, 3.8) is 0 Å².